The van der Waals surface area contributed by atoms with Crippen LogP contribution >= 0.6 is 7.92 Å². The fourth-order valence-corrected chi connectivity index (χ4v) is 3.45. The third-order valence-corrected chi connectivity index (χ3v) is 4.85. The summed E-state index contributed by atoms with van der Waals surface area (Å²) in [6.07, 6.45) is 1.32. The van der Waals surface area contributed by atoms with E-state index in [0.717, 1.165) is 0 Å². The molecule has 0 radical (unpaired) electrons. The van der Waals surface area contributed by atoms with Crippen molar-refractivity contribution in [1.29, 1.82) is 0 Å². The maximum absolute atomic E-state index is 11.2. The highest BCUT2D eigenvalue weighted by Crippen LogP contribution is 2.37. The van der Waals surface area contributed by atoms with E-state index in [2.05, 4.69) is 0 Å². The Morgan fingerprint density at radius 3 is 1.67 bits per heavy atom. The summed E-state index contributed by atoms with van der Waals surface area (Å²) in [4.78, 5) is 32.1. The second kappa shape index (κ2) is 8.83. The van der Waals surface area contributed by atoms with Gasteiger partial charge in [0.25, 0.3) is 0 Å². The second-order valence-electron chi connectivity index (χ2n) is 3.80. The SMILES string of the molecule is CN(O)C(=O)CCP(CCC(=O)O)CCC(=O)O. The lowest BCUT2D eigenvalue weighted by Crippen LogP contribution is -2.23. The van der Waals surface area contributed by atoms with E-state index in [0.29, 0.717) is 23.5 Å². The Morgan fingerprint density at radius 1 is 0.944 bits per heavy atom. The van der Waals surface area contributed by atoms with Gasteiger partial charge in [0.1, 0.15) is 0 Å². The number of carbonyl (C=O) groups excluding carboxylic acids is 1. The van der Waals surface area contributed by atoms with Gasteiger partial charge in [0, 0.05) is 26.3 Å². The van der Waals surface area contributed by atoms with E-state index in [-0.39, 0.29) is 19.3 Å². The Hall–Kier alpha value is -1.20. The van der Waals surface area contributed by atoms with Gasteiger partial charge in [0.15, 0.2) is 0 Å². The van der Waals surface area contributed by atoms with Crippen molar-refractivity contribution in [2.75, 3.05) is 25.5 Å². The summed E-state index contributed by atoms with van der Waals surface area (Å²) >= 11 is 0. The molecule has 1 amide bonds. The maximum atomic E-state index is 11.2. The third-order valence-electron chi connectivity index (χ3n) is 2.29. The van der Waals surface area contributed by atoms with Gasteiger partial charge in [-0.05, 0) is 18.5 Å². The summed E-state index contributed by atoms with van der Waals surface area (Å²) < 4.78 is 0. The number of amides is 1. The van der Waals surface area contributed by atoms with E-state index < -0.39 is 25.8 Å². The number of nitrogens with zero attached hydrogens (tertiary/aromatic N) is 1. The minimum atomic E-state index is -0.927. The molecule has 0 fully saturated rings. The minimum absolute atomic E-state index is 0.0194. The smallest absolute Gasteiger partial charge is 0.303 e. The van der Waals surface area contributed by atoms with Crippen LogP contribution in [0.2, 0.25) is 0 Å². The lowest BCUT2D eigenvalue weighted by atomic mass is 10.4. The van der Waals surface area contributed by atoms with E-state index >= 15 is 0 Å². The average Bonchev–Trinajstić information content (AvgIpc) is 2.26. The number of carboxylic acids is 2. The number of carboxylic acid groups (broad SMARTS) is 2. The van der Waals surface area contributed by atoms with Crippen molar-refractivity contribution in [2.45, 2.75) is 19.3 Å². The van der Waals surface area contributed by atoms with Crippen molar-refractivity contribution >= 4 is 25.8 Å². The van der Waals surface area contributed by atoms with Gasteiger partial charge >= 0.3 is 11.9 Å². The Kier molecular flexibility index (Phi) is 8.24. The number of aliphatic carboxylic acids is 2. The molecule has 3 N–H and O–H groups in total. The molecule has 0 aliphatic heterocycles. The molecular formula is C10H18NO6P. The van der Waals surface area contributed by atoms with Gasteiger partial charge in [-0.15, -0.1) is 7.92 Å². The van der Waals surface area contributed by atoms with E-state index in [1.807, 2.05) is 0 Å². The maximum Gasteiger partial charge on any atom is 0.303 e. The van der Waals surface area contributed by atoms with Crippen molar-refractivity contribution in [3.8, 4) is 0 Å². The fourth-order valence-electron chi connectivity index (χ4n) is 1.26. The Balaban J connectivity index is 4.14. The number of hydroxylamine groups is 2. The predicted molar refractivity (Wildman–Crippen MR) is 65.2 cm³/mol. The van der Waals surface area contributed by atoms with Gasteiger partial charge in [-0.1, -0.05) is 0 Å². The monoisotopic (exact) mass is 279 g/mol. The quantitative estimate of drug-likeness (QED) is 0.324. The molecule has 0 unspecified atom stereocenters. The van der Waals surface area contributed by atoms with Crippen molar-refractivity contribution < 1.29 is 29.8 Å². The summed E-state index contributed by atoms with van der Waals surface area (Å²) in [6.45, 7) is 0. The molecule has 104 valence electrons. The molecule has 0 aromatic heterocycles. The number of rotatable bonds is 9. The Labute approximate surface area is 106 Å². The van der Waals surface area contributed by atoms with Crippen LogP contribution in [0.5, 0.6) is 0 Å². The van der Waals surface area contributed by atoms with Gasteiger partial charge in [-0.3, -0.25) is 19.6 Å². The summed E-state index contributed by atoms with van der Waals surface area (Å²) in [5.41, 5.74) is 0. The van der Waals surface area contributed by atoms with Crippen molar-refractivity contribution in [1.82, 2.24) is 5.06 Å². The molecular weight excluding hydrogens is 261 g/mol. The number of hydrogen-bond donors (Lipinski definition) is 3. The molecule has 0 spiro atoms. The van der Waals surface area contributed by atoms with Crippen LogP contribution in [0.1, 0.15) is 19.3 Å². The van der Waals surface area contributed by atoms with Crippen LogP contribution in [0.15, 0.2) is 0 Å². The van der Waals surface area contributed by atoms with Crippen LogP contribution < -0.4 is 0 Å². The zero-order chi connectivity index (χ0) is 14.1. The van der Waals surface area contributed by atoms with E-state index in [1.165, 1.54) is 7.05 Å². The largest absolute Gasteiger partial charge is 0.481 e. The normalized spacial score (nSPS) is 10.4. The summed E-state index contributed by atoms with van der Waals surface area (Å²) in [5, 5.41) is 26.5. The van der Waals surface area contributed by atoms with Crippen LogP contribution in [0.25, 0.3) is 0 Å². The van der Waals surface area contributed by atoms with Crippen LogP contribution in [0, 0.1) is 0 Å². The van der Waals surface area contributed by atoms with Crippen LogP contribution in [0.3, 0.4) is 0 Å². The second-order valence-corrected chi connectivity index (χ2v) is 6.48. The number of carbonyl (C=O) groups is 3. The Morgan fingerprint density at radius 2 is 1.33 bits per heavy atom. The van der Waals surface area contributed by atoms with Crippen LogP contribution in [0.4, 0.5) is 0 Å². The van der Waals surface area contributed by atoms with Gasteiger partial charge in [-0.2, -0.15) is 0 Å². The van der Waals surface area contributed by atoms with Gasteiger partial charge in [0.05, 0.1) is 0 Å². The molecule has 0 aliphatic rings. The third kappa shape index (κ3) is 8.90. The molecule has 0 atom stereocenters. The molecule has 0 aromatic rings. The van der Waals surface area contributed by atoms with E-state index in [1.54, 1.807) is 0 Å². The van der Waals surface area contributed by atoms with Crippen LogP contribution in [-0.2, 0) is 14.4 Å². The fraction of sp³-hybridized carbons (Fsp3) is 0.700. The van der Waals surface area contributed by atoms with Crippen molar-refractivity contribution in [3.63, 3.8) is 0 Å². The summed E-state index contributed by atoms with van der Waals surface area (Å²) in [7, 11) is 0.418. The molecule has 18 heavy (non-hydrogen) atoms. The molecule has 0 aliphatic carbocycles. The highest BCUT2D eigenvalue weighted by atomic mass is 31.1. The highest BCUT2D eigenvalue weighted by Gasteiger charge is 2.15. The zero-order valence-corrected chi connectivity index (χ0v) is 11.1. The summed E-state index contributed by atoms with van der Waals surface area (Å²) in [6, 6.07) is 0. The van der Waals surface area contributed by atoms with E-state index in [9.17, 15) is 14.4 Å². The molecule has 0 bridgehead atoms. The predicted octanol–water partition coefficient (Wildman–Crippen LogP) is 0.655. The van der Waals surface area contributed by atoms with E-state index in [4.69, 9.17) is 15.4 Å². The molecule has 0 aromatic carbocycles. The van der Waals surface area contributed by atoms with Gasteiger partial charge in [-0.25, -0.2) is 5.06 Å². The van der Waals surface area contributed by atoms with Gasteiger partial charge in [0.2, 0.25) is 5.91 Å². The lowest BCUT2D eigenvalue weighted by Gasteiger charge is -2.16. The molecule has 0 heterocycles. The first kappa shape index (κ1) is 16.8. The topological polar surface area (TPSA) is 115 Å². The standard InChI is InChI=1S/C10H18NO6P/c1-11(17)8(12)2-5-18(6-3-9(13)14)7-4-10(15)16/h17H,2-7H2,1H3,(H,13,14)(H,15,16). The molecule has 0 rings (SSSR count). The molecule has 8 heteroatoms. The first-order valence-corrected chi connectivity index (χ1v) is 7.34. The number of hydrogen-bond acceptors (Lipinski definition) is 4. The van der Waals surface area contributed by atoms with Crippen LogP contribution in [-0.4, -0.2) is 63.9 Å². The molecule has 7 nitrogen and oxygen atoms in total. The van der Waals surface area contributed by atoms with Gasteiger partial charge < -0.3 is 10.2 Å². The Bertz CT molecular complexity index is 289. The minimum Gasteiger partial charge on any atom is -0.481 e. The molecule has 0 saturated heterocycles. The zero-order valence-electron chi connectivity index (χ0n) is 10.2. The highest BCUT2D eigenvalue weighted by molar-refractivity contribution is 7.57. The lowest BCUT2D eigenvalue weighted by molar-refractivity contribution is -0.158. The molecule has 0 saturated carbocycles. The first-order chi connectivity index (χ1) is 8.32. The first-order valence-electron chi connectivity index (χ1n) is 5.44. The van der Waals surface area contributed by atoms with Crippen molar-refractivity contribution in [3.05, 3.63) is 0 Å². The van der Waals surface area contributed by atoms with Crippen molar-refractivity contribution in [2.24, 2.45) is 0 Å². The average molecular weight is 279 g/mol. The summed E-state index contributed by atoms with van der Waals surface area (Å²) in [5.74, 6) is -2.31.